The maximum atomic E-state index is 6.34. The molecule has 0 fully saturated rings. The maximum absolute atomic E-state index is 6.34. The lowest BCUT2D eigenvalue weighted by Crippen LogP contribution is -2.25. The van der Waals surface area contributed by atoms with Crippen LogP contribution >= 0.6 is 38.9 Å². The highest BCUT2D eigenvalue weighted by molar-refractivity contribution is 9.11. The molecule has 1 unspecified atom stereocenters. The van der Waals surface area contributed by atoms with Gasteiger partial charge in [0.25, 0.3) is 0 Å². The van der Waals surface area contributed by atoms with Crippen LogP contribution in [0.25, 0.3) is 0 Å². The Kier molecular flexibility index (Phi) is 6.04. The number of aromatic nitrogens is 2. The molecule has 0 saturated heterocycles. The first-order valence-corrected chi connectivity index (χ1v) is 8.34. The van der Waals surface area contributed by atoms with Crippen molar-refractivity contribution in [2.24, 2.45) is 0 Å². The van der Waals surface area contributed by atoms with Crippen molar-refractivity contribution in [1.29, 1.82) is 0 Å². The van der Waals surface area contributed by atoms with Gasteiger partial charge in [-0.15, -0.1) is 11.3 Å². The quantitative estimate of drug-likeness (QED) is 0.798. The van der Waals surface area contributed by atoms with E-state index < -0.39 is 0 Å². The predicted octanol–water partition coefficient (Wildman–Crippen LogP) is 3.71. The molecule has 0 aliphatic carbocycles. The second kappa shape index (κ2) is 7.56. The van der Waals surface area contributed by atoms with Gasteiger partial charge >= 0.3 is 0 Å². The average molecular weight is 379 g/mol. The third-order valence-corrected chi connectivity index (χ3v) is 4.88. The van der Waals surface area contributed by atoms with Gasteiger partial charge in [-0.05, 0) is 34.6 Å². The van der Waals surface area contributed by atoms with Crippen LogP contribution in [0.3, 0.4) is 0 Å². The zero-order valence-electron chi connectivity index (χ0n) is 11.4. The molecule has 1 atom stereocenters. The monoisotopic (exact) mass is 377 g/mol. The van der Waals surface area contributed by atoms with Gasteiger partial charge in [0.15, 0.2) is 0 Å². The number of thiophene rings is 1. The molecule has 7 heteroatoms. The summed E-state index contributed by atoms with van der Waals surface area (Å²) in [5.41, 5.74) is 0.986. The van der Waals surface area contributed by atoms with Crippen molar-refractivity contribution >= 4 is 38.9 Å². The zero-order valence-corrected chi connectivity index (χ0v) is 14.6. The summed E-state index contributed by atoms with van der Waals surface area (Å²) in [5, 5.41) is 8.50. The van der Waals surface area contributed by atoms with E-state index in [1.54, 1.807) is 24.6 Å². The van der Waals surface area contributed by atoms with E-state index in [-0.39, 0.29) is 6.04 Å². The minimum Gasteiger partial charge on any atom is -0.383 e. The fraction of sp³-hybridized carbons (Fsp3) is 0.462. The molecule has 2 heterocycles. The Balaban J connectivity index is 2.35. The smallest absolute Gasteiger partial charge is 0.0857 e. The largest absolute Gasteiger partial charge is 0.383 e. The van der Waals surface area contributed by atoms with Crippen molar-refractivity contribution in [2.75, 3.05) is 20.3 Å². The molecule has 0 spiro atoms. The van der Waals surface area contributed by atoms with Crippen LogP contribution in [-0.4, -0.2) is 30.0 Å². The lowest BCUT2D eigenvalue weighted by molar-refractivity contribution is 0.182. The third kappa shape index (κ3) is 3.62. The number of rotatable bonds is 7. The second-order valence-electron chi connectivity index (χ2n) is 4.23. The molecular weight excluding hydrogens is 362 g/mol. The summed E-state index contributed by atoms with van der Waals surface area (Å²) in [7, 11) is 1.68. The van der Waals surface area contributed by atoms with E-state index in [9.17, 15) is 0 Å². The highest BCUT2D eigenvalue weighted by Crippen LogP contribution is 2.34. The molecule has 0 radical (unpaired) electrons. The highest BCUT2D eigenvalue weighted by atomic mass is 79.9. The fourth-order valence-corrected chi connectivity index (χ4v) is 3.79. The molecule has 0 amide bonds. The van der Waals surface area contributed by atoms with Crippen LogP contribution in [-0.2, 0) is 11.3 Å². The summed E-state index contributed by atoms with van der Waals surface area (Å²) < 4.78 is 8.15. The molecule has 110 valence electrons. The molecule has 0 aromatic carbocycles. The molecule has 1 N–H and O–H groups in total. The summed E-state index contributed by atoms with van der Waals surface area (Å²) in [5.74, 6) is 0. The molecule has 4 nitrogen and oxygen atoms in total. The summed E-state index contributed by atoms with van der Waals surface area (Å²) in [6.07, 6.45) is 1.69. The van der Waals surface area contributed by atoms with E-state index in [0.717, 1.165) is 16.0 Å². The Morgan fingerprint density at radius 1 is 1.55 bits per heavy atom. The molecule has 2 aromatic heterocycles. The van der Waals surface area contributed by atoms with Crippen molar-refractivity contribution in [1.82, 2.24) is 15.1 Å². The first-order valence-electron chi connectivity index (χ1n) is 6.36. The number of nitrogens with zero attached hydrogens (tertiary/aromatic N) is 2. The first-order chi connectivity index (χ1) is 9.67. The molecule has 0 bridgehead atoms. The topological polar surface area (TPSA) is 39.1 Å². The Morgan fingerprint density at radius 2 is 2.35 bits per heavy atom. The Bertz CT molecular complexity index is 558. The number of nitrogens with one attached hydrogen (secondary N) is 1. The number of hydrogen-bond donors (Lipinski definition) is 1. The number of methoxy groups -OCH3 is 1. The van der Waals surface area contributed by atoms with Gasteiger partial charge in [-0.25, -0.2) is 0 Å². The van der Waals surface area contributed by atoms with Gasteiger partial charge in [0.2, 0.25) is 0 Å². The van der Waals surface area contributed by atoms with Crippen molar-refractivity contribution < 1.29 is 4.74 Å². The second-order valence-corrected chi connectivity index (χ2v) is 7.13. The predicted molar refractivity (Wildman–Crippen MR) is 86.7 cm³/mol. The van der Waals surface area contributed by atoms with Gasteiger partial charge in [-0.3, -0.25) is 4.68 Å². The van der Waals surface area contributed by atoms with Gasteiger partial charge in [-0.2, -0.15) is 5.10 Å². The van der Waals surface area contributed by atoms with Crippen LogP contribution < -0.4 is 5.32 Å². The molecule has 0 saturated carbocycles. The summed E-state index contributed by atoms with van der Waals surface area (Å²) in [6, 6.07) is 4.20. The third-order valence-electron chi connectivity index (χ3n) is 2.90. The summed E-state index contributed by atoms with van der Waals surface area (Å²) in [4.78, 5) is 1.21. The van der Waals surface area contributed by atoms with E-state index in [0.29, 0.717) is 18.2 Å². The fourth-order valence-electron chi connectivity index (χ4n) is 2.03. The van der Waals surface area contributed by atoms with Gasteiger partial charge in [0.05, 0.1) is 39.9 Å². The van der Waals surface area contributed by atoms with Crippen LogP contribution in [0, 0.1) is 0 Å². The van der Waals surface area contributed by atoms with Crippen molar-refractivity contribution in [3.8, 4) is 0 Å². The molecule has 0 aliphatic rings. The zero-order chi connectivity index (χ0) is 14.5. The molecule has 20 heavy (non-hydrogen) atoms. The van der Waals surface area contributed by atoms with Gasteiger partial charge in [-0.1, -0.05) is 18.5 Å². The Labute approximate surface area is 136 Å². The maximum Gasteiger partial charge on any atom is 0.0857 e. The van der Waals surface area contributed by atoms with Gasteiger partial charge in [0.1, 0.15) is 0 Å². The SMILES string of the molecule is CCNC(c1ccc(Br)s1)c1c(Cl)cnn1CCOC. The standard InChI is InChI=1S/C13H17BrClN3OS/c1-3-16-12(10-4-5-11(14)20-10)13-9(15)8-17-18(13)6-7-19-2/h4-5,8,12,16H,3,6-7H2,1-2H3. The van der Waals surface area contributed by atoms with E-state index in [1.165, 1.54) is 4.88 Å². The van der Waals surface area contributed by atoms with E-state index >= 15 is 0 Å². The van der Waals surface area contributed by atoms with Crippen LogP contribution in [0.1, 0.15) is 23.5 Å². The Morgan fingerprint density at radius 3 is 2.95 bits per heavy atom. The molecule has 2 rings (SSSR count). The van der Waals surface area contributed by atoms with Gasteiger partial charge in [0, 0.05) is 12.0 Å². The lowest BCUT2D eigenvalue weighted by atomic mass is 10.1. The van der Waals surface area contributed by atoms with E-state index in [2.05, 4.69) is 39.3 Å². The van der Waals surface area contributed by atoms with E-state index in [1.807, 2.05) is 10.7 Å². The first kappa shape index (κ1) is 16.0. The Hall–Kier alpha value is -0.400. The number of halogens is 2. The highest BCUT2D eigenvalue weighted by Gasteiger charge is 2.22. The summed E-state index contributed by atoms with van der Waals surface area (Å²) >= 11 is 11.5. The van der Waals surface area contributed by atoms with Crippen molar-refractivity contribution in [2.45, 2.75) is 19.5 Å². The van der Waals surface area contributed by atoms with Crippen molar-refractivity contribution in [3.63, 3.8) is 0 Å². The minimum absolute atomic E-state index is 0.0446. The lowest BCUT2D eigenvalue weighted by Gasteiger charge is -2.19. The molecular formula is C13H17BrClN3OS. The van der Waals surface area contributed by atoms with E-state index in [4.69, 9.17) is 16.3 Å². The molecule has 2 aromatic rings. The van der Waals surface area contributed by atoms with Gasteiger partial charge < -0.3 is 10.1 Å². The van der Waals surface area contributed by atoms with Crippen LogP contribution in [0.2, 0.25) is 5.02 Å². The normalized spacial score (nSPS) is 12.8. The van der Waals surface area contributed by atoms with Crippen LogP contribution in [0.4, 0.5) is 0 Å². The number of ether oxygens (including phenoxy) is 1. The molecule has 0 aliphatic heterocycles. The van der Waals surface area contributed by atoms with Crippen molar-refractivity contribution in [3.05, 3.63) is 37.7 Å². The minimum atomic E-state index is 0.0446. The number of hydrogen-bond acceptors (Lipinski definition) is 4. The van der Waals surface area contributed by atoms with Crippen LogP contribution in [0.5, 0.6) is 0 Å². The van der Waals surface area contributed by atoms with Crippen LogP contribution in [0.15, 0.2) is 22.1 Å². The average Bonchev–Trinajstić information content (AvgIpc) is 3.01. The summed E-state index contributed by atoms with van der Waals surface area (Å²) in [6.45, 7) is 4.23.